The third kappa shape index (κ3) is 4.00. The maximum absolute atomic E-state index is 2.60. The molecule has 0 bridgehead atoms. The molecule has 1 heterocycles. The van der Waals surface area contributed by atoms with Crippen molar-refractivity contribution in [2.24, 2.45) is 11.8 Å². The molecule has 0 aromatic heterocycles. The number of likely N-dealkylation sites (tertiary alicyclic amines) is 1. The monoisotopic (exact) mass is 199 g/mol. The van der Waals surface area contributed by atoms with E-state index in [1.54, 1.807) is 0 Å². The average molecular weight is 199 g/mol. The zero-order valence-corrected chi connectivity index (χ0v) is 10.8. The standard InChI is InChI=1S/C11H23N.C2H6/c1-4-10-7-8-12(6-3)9-11(10)5-2;1-2/h10-11H,4-9H2,1-3H3;1-2H3. The molecule has 1 heteroatoms. The molecular weight excluding hydrogens is 170 g/mol. The van der Waals surface area contributed by atoms with Gasteiger partial charge in [-0.1, -0.05) is 47.5 Å². The zero-order valence-electron chi connectivity index (χ0n) is 10.8. The molecule has 1 aliphatic heterocycles. The molecule has 2 atom stereocenters. The first-order valence-corrected chi connectivity index (χ1v) is 6.54. The number of rotatable bonds is 3. The van der Waals surface area contributed by atoms with E-state index in [9.17, 15) is 0 Å². The molecule has 0 aromatic carbocycles. The van der Waals surface area contributed by atoms with Gasteiger partial charge in [-0.3, -0.25) is 0 Å². The van der Waals surface area contributed by atoms with Crippen LogP contribution in [-0.4, -0.2) is 24.5 Å². The van der Waals surface area contributed by atoms with Gasteiger partial charge in [0.25, 0.3) is 0 Å². The Hall–Kier alpha value is -0.0400. The van der Waals surface area contributed by atoms with Crippen LogP contribution in [0.4, 0.5) is 0 Å². The van der Waals surface area contributed by atoms with Gasteiger partial charge >= 0.3 is 0 Å². The van der Waals surface area contributed by atoms with Gasteiger partial charge in [-0.05, 0) is 31.3 Å². The summed E-state index contributed by atoms with van der Waals surface area (Å²) in [5.41, 5.74) is 0. The fourth-order valence-electron chi connectivity index (χ4n) is 2.44. The van der Waals surface area contributed by atoms with Crippen LogP contribution in [0.15, 0.2) is 0 Å². The Morgan fingerprint density at radius 1 is 1.00 bits per heavy atom. The Morgan fingerprint density at radius 3 is 2.00 bits per heavy atom. The summed E-state index contributed by atoms with van der Waals surface area (Å²) < 4.78 is 0. The van der Waals surface area contributed by atoms with Crippen LogP contribution in [0.5, 0.6) is 0 Å². The van der Waals surface area contributed by atoms with Crippen molar-refractivity contribution in [3.8, 4) is 0 Å². The Morgan fingerprint density at radius 2 is 1.57 bits per heavy atom. The van der Waals surface area contributed by atoms with Crippen molar-refractivity contribution in [3.63, 3.8) is 0 Å². The van der Waals surface area contributed by atoms with Crippen molar-refractivity contribution < 1.29 is 0 Å². The van der Waals surface area contributed by atoms with Crippen LogP contribution in [-0.2, 0) is 0 Å². The van der Waals surface area contributed by atoms with Crippen molar-refractivity contribution in [2.45, 2.75) is 53.9 Å². The van der Waals surface area contributed by atoms with Gasteiger partial charge in [-0.15, -0.1) is 0 Å². The van der Waals surface area contributed by atoms with Crippen LogP contribution in [0.25, 0.3) is 0 Å². The second kappa shape index (κ2) is 8.28. The van der Waals surface area contributed by atoms with Gasteiger partial charge in [-0.2, -0.15) is 0 Å². The van der Waals surface area contributed by atoms with Crippen LogP contribution in [0.2, 0.25) is 0 Å². The molecule has 86 valence electrons. The molecule has 0 amide bonds. The lowest BCUT2D eigenvalue weighted by atomic mass is 9.82. The van der Waals surface area contributed by atoms with Crippen molar-refractivity contribution in [1.82, 2.24) is 4.90 Å². The van der Waals surface area contributed by atoms with Gasteiger partial charge in [0.2, 0.25) is 0 Å². The van der Waals surface area contributed by atoms with E-state index in [-0.39, 0.29) is 0 Å². The maximum Gasteiger partial charge on any atom is 0.00121 e. The molecule has 0 saturated carbocycles. The summed E-state index contributed by atoms with van der Waals surface area (Å²) >= 11 is 0. The van der Waals surface area contributed by atoms with Gasteiger partial charge in [0.05, 0.1) is 0 Å². The number of piperidine rings is 1. The number of nitrogens with zero attached hydrogens (tertiary/aromatic N) is 1. The Bertz CT molecular complexity index is 122. The quantitative estimate of drug-likeness (QED) is 0.668. The molecule has 0 spiro atoms. The number of hydrogen-bond donors (Lipinski definition) is 0. The summed E-state index contributed by atoms with van der Waals surface area (Å²) in [5.74, 6) is 1.99. The molecule has 0 aromatic rings. The minimum absolute atomic E-state index is 0.976. The van der Waals surface area contributed by atoms with Crippen molar-refractivity contribution in [2.75, 3.05) is 19.6 Å². The Balaban J connectivity index is 0.000000791. The molecule has 14 heavy (non-hydrogen) atoms. The van der Waals surface area contributed by atoms with E-state index in [1.807, 2.05) is 13.8 Å². The third-order valence-electron chi connectivity index (χ3n) is 3.47. The summed E-state index contributed by atoms with van der Waals surface area (Å²) in [4.78, 5) is 2.60. The Kier molecular flexibility index (Phi) is 8.26. The molecule has 1 nitrogen and oxygen atoms in total. The van der Waals surface area contributed by atoms with Crippen LogP contribution >= 0.6 is 0 Å². The first-order valence-electron chi connectivity index (χ1n) is 6.54. The smallest absolute Gasteiger partial charge is 0.00121 e. The highest BCUT2D eigenvalue weighted by Gasteiger charge is 2.25. The van der Waals surface area contributed by atoms with Gasteiger partial charge in [0.15, 0.2) is 0 Å². The first kappa shape index (κ1) is 14.0. The topological polar surface area (TPSA) is 3.24 Å². The van der Waals surface area contributed by atoms with Crippen molar-refractivity contribution in [1.29, 1.82) is 0 Å². The van der Waals surface area contributed by atoms with E-state index in [0.29, 0.717) is 0 Å². The predicted octanol–water partition coefficient (Wildman–Crippen LogP) is 3.79. The highest BCUT2D eigenvalue weighted by atomic mass is 15.1. The van der Waals surface area contributed by atoms with Gasteiger partial charge in [-0.25, -0.2) is 0 Å². The zero-order chi connectivity index (χ0) is 11.0. The summed E-state index contributed by atoms with van der Waals surface area (Å²) in [6, 6.07) is 0. The second-order valence-corrected chi connectivity index (χ2v) is 4.02. The fourth-order valence-corrected chi connectivity index (χ4v) is 2.44. The molecular formula is C13H29N. The van der Waals surface area contributed by atoms with Crippen LogP contribution in [0, 0.1) is 11.8 Å². The van der Waals surface area contributed by atoms with Crippen molar-refractivity contribution >= 4 is 0 Å². The van der Waals surface area contributed by atoms with E-state index >= 15 is 0 Å². The third-order valence-corrected chi connectivity index (χ3v) is 3.47. The molecule has 1 rings (SSSR count). The molecule has 0 aliphatic carbocycles. The van der Waals surface area contributed by atoms with Gasteiger partial charge in [0, 0.05) is 6.54 Å². The van der Waals surface area contributed by atoms with Crippen LogP contribution in [0.1, 0.15) is 53.9 Å². The van der Waals surface area contributed by atoms with E-state index < -0.39 is 0 Å². The van der Waals surface area contributed by atoms with E-state index in [0.717, 1.165) is 11.8 Å². The van der Waals surface area contributed by atoms with Crippen molar-refractivity contribution in [3.05, 3.63) is 0 Å². The van der Waals surface area contributed by atoms with Crippen LogP contribution in [0.3, 0.4) is 0 Å². The van der Waals surface area contributed by atoms with Crippen LogP contribution < -0.4 is 0 Å². The second-order valence-electron chi connectivity index (χ2n) is 4.02. The highest BCUT2D eigenvalue weighted by molar-refractivity contribution is 4.78. The molecule has 1 saturated heterocycles. The first-order chi connectivity index (χ1) is 6.81. The largest absolute Gasteiger partial charge is 0.303 e. The molecule has 0 radical (unpaired) electrons. The minimum Gasteiger partial charge on any atom is -0.303 e. The number of hydrogen-bond acceptors (Lipinski definition) is 1. The fraction of sp³-hybridized carbons (Fsp3) is 1.00. The normalized spacial score (nSPS) is 28.1. The predicted molar refractivity (Wildman–Crippen MR) is 65.6 cm³/mol. The van der Waals surface area contributed by atoms with E-state index in [1.165, 1.54) is 38.9 Å². The molecule has 0 N–H and O–H groups in total. The van der Waals surface area contributed by atoms with Gasteiger partial charge < -0.3 is 4.90 Å². The lowest BCUT2D eigenvalue weighted by molar-refractivity contribution is 0.118. The summed E-state index contributed by atoms with van der Waals surface area (Å²) in [6.07, 6.45) is 4.19. The minimum atomic E-state index is 0.976. The van der Waals surface area contributed by atoms with E-state index in [4.69, 9.17) is 0 Å². The highest BCUT2D eigenvalue weighted by Crippen LogP contribution is 2.28. The summed E-state index contributed by atoms with van der Waals surface area (Å²) in [7, 11) is 0. The SMILES string of the molecule is CC.CCC1CCN(CC)CC1CC. The molecule has 1 fully saturated rings. The Labute approximate surface area is 90.9 Å². The lowest BCUT2D eigenvalue weighted by Crippen LogP contribution is -2.39. The summed E-state index contributed by atoms with van der Waals surface area (Å²) in [6.45, 7) is 14.9. The molecule has 2 unspecified atom stereocenters. The average Bonchev–Trinajstić information content (AvgIpc) is 2.30. The molecule has 1 aliphatic rings. The lowest BCUT2D eigenvalue weighted by Gasteiger charge is -2.37. The maximum atomic E-state index is 2.60. The van der Waals surface area contributed by atoms with Gasteiger partial charge in [0.1, 0.15) is 0 Å². The van der Waals surface area contributed by atoms with E-state index in [2.05, 4.69) is 25.7 Å². The summed E-state index contributed by atoms with van der Waals surface area (Å²) in [5, 5.41) is 0.